The molecule has 0 aromatic carbocycles. The van der Waals surface area contributed by atoms with Gasteiger partial charge in [-0.05, 0) is 44.4 Å². The summed E-state index contributed by atoms with van der Waals surface area (Å²) in [5, 5.41) is 0. The fraction of sp³-hybridized carbons (Fsp3) is 0.867. The third kappa shape index (κ3) is 2.05. The molecule has 1 fully saturated rings. The Morgan fingerprint density at radius 1 is 1.32 bits per heavy atom. The van der Waals surface area contributed by atoms with Crippen molar-refractivity contribution in [2.45, 2.75) is 65.5 Å². The summed E-state index contributed by atoms with van der Waals surface area (Å²) in [7, 11) is 0. The summed E-state index contributed by atoms with van der Waals surface area (Å²) in [6, 6.07) is -0.00361. The third-order valence-corrected chi connectivity index (χ3v) is 4.86. The fourth-order valence-corrected chi connectivity index (χ4v) is 4.17. The molecule has 1 saturated carbocycles. The van der Waals surface area contributed by atoms with Crippen LogP contribution >= 0.6 is 0 Å². The molecular weight excluding hydrogens is 238 g/mol. The number of rotatable bonds is 2. The lowest BCUT2D eigenvalue weighted by Crippen LogP contribution is -2.64. The molecule has 0 radical (unpaired) electrons. The molecular formula is C15H27N3O. The summed E-state index contributed by atoms with van der Waals surface area (Å²) < 4.78 is 0. The number of carbonyl (C=O) groups excluding carboxylic acids is 1. The summed E-state index contributed by atoms with van der Waals surface area (Å²) in [5.41, 5.74) is 5.90. The highest BCUT2D eigenvalue weighted by molar-refractivity contribution is 6.06. The zero-order valence-corrected chi connectivity index (χ0v) is 12.8. The van der Waals surface area contributed by atoms with Crippen LogP contribution in [0.3, 0.4) is 0 Å². The molecule has 1 heterocycles. The van der Waals surface area contributed by atoms with Crippen LogP contribution < -0.4 is 5.73 Å². The van der Waals surface area contributed by atoms with Crippen LogP contribution in [-0.2, 0) is 0 Å². The Kier molecular flexibility index (Phi) is 3.63. The van der Waals surface area contributed by atoms with E-state index < -0.39 is 0 Å². The highest BCUT2D eigenvalue weighted by atomic mass is 16.2. The lowest BCUT2D eigenvalue weighted by atomic mass is 9.63. The molecule has 2 N–H and O–H groups in total. The van der Waals surface area contributed by atoms with E-state index in [9.17, 15) is 4.79 Å². The molecule has 2 amide bonds. The predicted octanol–water partition coefficient (Wildman–Crippen LogP) is 3.02. The van der Waals surface area contributed by atoms with Crippen molar-refractivity contribution in [2.75, 3.05) is 0 Å². The van der Waals surface area contributed by atoms with Gasteiger partial charge in [-0.2, -0.15) is 4.99 Å². The summed E-state index contributed by atoms with van der Waals surface area (Å²) in [4.78, 5) is 18.3. The van der Waals surface area contributed by atoms with Crippen molar-refractivity contribution in [3.05, 3.63) is 0 Å². The van der Waals surface area contributed by atoms with Crippen LogP contribution in [0.1, 0.15) is 53.9 Å². The van der Waals surface area contributed by atoms with Crippen LogP contribution in [0.15, 0.2) is 4.99 Å². The average Bonchev–Trinajstić information content (AvgIpc) is 2.49. The Morgan fingerprint density at radius 3 is 2.47 bits per heavy atom. The van der Waals surface area contributed by atoms with E-state index in [-0.39, 0.29) is 17.6 Å². The molecule has 2 aliphatic rings. The third-order valence-electron chi connectivity index (χ3n) is 4.86. The second kappa shape index (κ2) is 4.80. The number of hydrogen-bond donors (Lipinski definition) is 1. The van der Waals surface area contributed by atoms with Crippen molar-refractivity contribution in [1.82, 2.24) is 4.90 Å². The van der Waals surface area contributed by atoms with Gasteiger partial charge in [0.2, 0.25) is 0 Å². The maximum Gasteiger partial charge on any atom is 0.346 e. The first-order valence-electron chi connectivity index (χ1n) is 7.48. The maximum absolute atomic E-state index is 12.2. The molecule has 3 atom stereocenters. The van der Waals surface area contributed by atoms with Crippen LogP contribution in [0.4, 0.5) is 4.79 Å². The molecule has 3 unspecified atom stereocenters. The van der Waals surface area contributed by atoms with Crippen molar-refractivity contribution in [3.8, 4) is 0 Å². The SMILES string of the molecule is CC1CCC(C(C)C)C2(C1)C(N)=NC(=O)N2C(C)C. The van der Waals surface area contributed by atoms with Crippen LogP contribution in [0, 0.1) is 17.8 Å². The van der Waals surface area contributed by atoms with Crippen molar-refractivity contribution in [2.24, 2.45) is 28.5 Å². The minimum Gasteiger partial charge on any atom is -0.385 e. The van der Waals surface area contributed by atoms with Gasteiger partial charge in [0.1, 0.15) is 11.4 Å². The van der Waals surface area contributed by atoms with E-state index in [1.807, 2.05) is 4.90 Å². The largest absolute Gasteiger partial charge is 0.385 e. The molecule has 2 rings (SSSR count). The molecule has 1 aliphatic carbocycles. The van der Waals surface area contributed by atoms with E-state index in [4.69, 9.17) is 5.73 Å². The summed E-state index contributed by atoms with van der Waals surface area (Å²) in [6.07, 6.45) is 3.30. The average molecular weight is 265 g/mol. The Hall–Kier alpha value is -1.06. The van der Waals surface area contributed by atoms with Crippen LogP contribution in [-0.4, -0.2) is 28.3 Å². The van der Waals surface area contributed by atoms with Gasteiger partial charge in [0, 0.05) is 6.04 Å². The van der Waals surface area contributed by atoms with E-state index in [0.29, 0.717) is 23.6 Å². The molecule has 108 valence electrons. The zero-order valence-electron chi connectivity index (χ0n) is 12.8. The molecule has 1 spiro atoms. The normalized spacial score (nSPS) is 35.6. The number of urea groups is 1. The monoisotopic (exact) mass is 265 g/mol. The first-order chi connectivity index (χ1) is 8.80. The van der Waals surface area contributed by atoms with Gasteiger partial charge in [-0.1, -0.05) is 27.2 Å². The van der Waals surface area contributed by atoms with E-state index in [1.165, 1.54) is 6.42 Å². The van der Waals surface area contributed by atoms with E-state index in [0.717, 1.165) is 12.8 Å². The van der Waals surface area contributed by atoms with Gasteiger partial charge in [-0.3, -0.25) is 0 Å². The quantitative estimate of drug-likeness (QED) is 0.834. The number of amidine groups is 1. The van der Waals surface area contributed by atoms with Gasteiger partial charge in [0.05, 0.1) is 0 Å². The van der Waals surface area contributed by atoms with Gasteiger partial charge in [-0.15, -0.1) is 0 Å². The van der Waals surface area contributed by atoms with Crippen LogP contribution in [0.25, 0.3) is 0 Å². The number of aliphatic imine (C=N–C) groups is 1. The second-order valence-corrected chi connectivity index (χ2v) is 6.90. The Balaban J connectivity index is 2.50. The second-order valence-electron chi connectivity index (χ2n) is 6.90. The smallest absolute Gasteiger partial charge is 0.346 e. The first-order valence-corrected chi connectivity index (χ1v) is 7.48. The topological polar surface area (TPSA) is 58.7 Å². The highest BCUT2D eigenvalue weighted by Gasteiger charge is 2.56. The minimum absolute atomic E-state index is 0.142. The predicted molar refractivity (Wildman–Crippen MR) is 78.1 cm³/mol. The van der Waals surface area contributed by atoms with Gasteiger partial charge >= 0.3 is 6.03 Å². The molecule has 19 heavy (non-hydrogen) atoms. The lowest BCUT2D eigenvalue weighted by molar-refractivity contribution is 0.0337. The van der Waals surface area contributed by atoms with E-state index in [1.54, 1.807) is 0 Å². The van der Waals surface area contributed by atoms with Gasteiger partial charge in [0.15, 0.2) is 0 Å². The Labute approximate surface area is 116 Å². The number of nitrogens with two attached hydrogens (primary N) is 1. The zero-order chi connectivity index (χ0) is 14.4. The molecule has 0 saturated heterocycles. The summed E-state index contributed by atoms with van der Waals surface area (Å²) >= 11 is 0. The van der Waals surface area contributed by atoms with Crippen LogP contribution in [0.5, 0.6) is 0 Å². The number of hydrogen-bond acceptors (Lipinski definition) is 2. The van der Waals surface area contributed by atoms with Crippen molar-refractivity contribution in [1.29, 1.82) is 0 Å². The Morgan fingerprint density at radius 2 is 1.95 bits per heavy atom. The highest BCUT2D eigenvalue weighted by Crippen LogP contribution is 2.47. The minimum atomic E-state index is -0.336. The lowest BCUT2D eigenvalue weighted by Gasteiger charge is -2.51. The number of carbonyl (C=O) groups is 1. The van der Waals surface area contributed by atoms with Crippen molar-refractivity contribution in [3.63, 3.8) is 0 Å². The van der Waals surface area contributed by atoms with Crippen molar-refractivity contribution < 1.29 is 4.79 Å². The maximum atomic E-state index is 12.2. The van der Waals surface area contributed by atoms with Gasteiger partial charge in [0.25, 0.3) is 0 Å². The van der Waals surface area contributed by atoms with E-state index >= 15 is 0 Å². The van der Waals surface area contributed by atoms with Gasteiger partial charge in [-0.25, -0.2) is 4.79 Å². The molecule has 0 aromatic heterocycles. The number of amides is 2. The molecule has 4 nitrogen and oxygen atoms in total. The first kappa shape index (κ1) is 14.4. The Bertz CT molecular complexity index is 402. The van der Waals surface area contributed by atoms with E-state index in [2.05, 4.69) is 39.6 Å². The van der Waals surface area contributed by atoms with Gasteiger partial charge < -0.3 is 10.6 Å². The summed E-state index contributed by atoms with van der Waals surface area (Å²) in [5.74, 6) is 2.07. The fourth-order valence-electron chi connectivity index (χ4n) is 4.17. The molecule has 1 aliphatic heterocycles. The summed E-state index contributed by atoms with van der Waals surface area (Å²) in [6.45, 7) is 10.8. The molecule has 4 heteroatoms. The molecule has 0 aromatic rings. The molecule has 0 bridgehead atoms. The number of nitrogens with zero attached hydrogens (tertiary/aromatic N) is 2. The van der Waals surface area contributed by atoms with Crippen molar-refractivity contribution >= 4 is 11.9 Å². The standard InChI is InChI=1S/C15H27N3O/c1-9(2)12-7-6-11(5)8-15(12)13(16)17-14(19)18(15)10(3)4/h9-12H,6-8H2,1-5H3,(H2,16,17,19). The van der Waals surface area contributed by atoms with Crippen LogP contribution in [0.2, 0.25) is 0 Å².